The highest BCUT2D eigenvalue weighted by Gasteiger charge is 2.17. The summed E-state index contributed by atoms with van der Waals surface area (Å²) in [7, 11) is 0. The van der Waals surface area contributed by atoms with Gasteiger partial charge >= 0.3 is 5.97 Å². The van der Waals surface area contributed by atoms with E-state index < -0.39 is 5.97 Å². The molecule has 0 aliphatic carbocycles. The van der Waals surface area contributed by atoms with Gasteiger partial charge in [-0.1, -0.05) is 6.07 Å². The minimum absolute atomic E-state index is 0.201. The lowest BCUT2D eigenvalue weighted by Crippen LogP contribution is -2.06. The third-order valence-corrected chi connectivity index (χ3v) is 3.53. The molecule has 0 saturated carbocycles. The first kappa shape index (κ1) is 13.8. The van der Waals surface area contributed by atoms with Crippen molar-refractivity contribution in [3.8, 4) is 11.5 Å². The van der Waals surface area contributed by atoms with Crippen LogP contribution in [-0.4, -0.2) is 34.0 Å². The molecule has 2 aromatic rings. The predicted molar refractivity (Wildman–Crippen MR) is 74.0 cm³/mol. The molecular formula is C15H16N2O4. The second kappa shape index (κ2) is 6.05. The summed E-state index contributed by atoms with van der Waals surface area (Å²) in [5.74, 6) is -0.0726. The number of benzene rings is 1. The van der Waals surface area contributed by atoms with Crippen molar-refractivity contribution in [1.82, 2.24) is 10.2 Å². The van der Waals surface area contributed by atoms with Crippen molar-refractivity contribution in [3.63, 3.8) is 0 Å². The van der Waals surface area contributed by atoms with E-state index in [1.54, 1.807) is 12.1 Å². The summed E-state index contributed by atoms with van der Waals surface area (Å²) in [5.41, 5.74) is 0.817. The van der Waals surface area contributed by atoms with Gasteiger partial charge in [-0.3, -0.25) is 0 Å². The van der Waals surface area contributed by atoms with E-state index in [2.05, 4.69) is 10.2 Å². The summed E-state index contributed by atoms with van der Waals surface area (Å²) in [6, 6.07) is 6.47. The molecule has 1 unspecified atom stereocenters. The van der Waals surface area contributed by atoms with Gasteiger partial charge in [0.05, 0.1) is 11.7 Å². The van der Waals surface area contributed by atoms with Gasteiger partial charge in [-0.15, -0.1) is 10.2 Å². The summed E-state index contributed by atoms with van der Waals surface area (Å²) in [6.45, 7) is 0.835. The number of hydrogen-bond acceptors (Lipinski definition) is 5. The largest absolute Gasteiger partial charge is 0.478 e. The van der Waals surface area contributed by atoms with E-state index in [-0.39, 0.29) is 11.7 Å². The van der Waals surface area contributed by atoms with E-state index >= 15 is 0 Å². The second-order valence-corrected chi connectivity index (χ2v) is 5.06. The minimum Gasteiger partial charge on any atom is -0.478 e. The Morgan fingerprint density at radius 3 is 3.05 bits per heavy atom. The number of nitrogens with zero attached hydrogens (tertiary/aromatic N) is 2. The number of carbonyl (C=O) groups is 1. The number of aromatic carboxylic acids is 1. The normalized spacial score (nSPS) is 18.0. The van der Waals surface area contributed by atoms with Crippen LogP contribution in [0.1, 0.15) is 35.5 Å². The van der Waals surface area contributed by atoms with Gasteiger partial charge in [0.1, 0.15) is 0 Å². The van der Waals surface area contributed by atoms with Gasteiger partial charge in [0, 0.05) is 18.6 Å². The van der Waals surface area contributed by atoms with E-state index in [4.69, 9.17) is 14.3 Å². The van der Waals surface area contributed by atoms with Crippen molar-refractivity contribution in [2.45, 2.75) is 31.8 Å². The third kappa shape index (κ3) is 3.28. The Balaban J connectivity index is 1.69. The Hall–Kier alpha value is -2.21. The van der Waals surface area contributed by atoms with Crippen LogP contribution in [0.4, 0.5) is 0 Å². The average Bonchev–Trinajstić information content (AvgIpc) is 3.17. The van der Waals surface area contributed by atoms with Crippen LogP contribution >= 0.6 is 0 Å². The first-order chi connectivity index (χ1) is 10.2. The predicted octanol–water partition coefficient (Wildman–Crippen LogP) is 2.55. The summed E-state index contributed by atoms with van der Waals surface area (Å²) in [5, 5.41) is 17.0. The van der Waals surface area contributed by atoms with Crippen LogP contribution in [0.2, 0.25) is 0 Å². The molecule has 0 bridgehead atoms. The van der Waals surface area contributed by atoms with Gasteiger partial charge in [-0.2, -0.15) is 0 Å². The van der Waals surface area contributed by atoms with Crippen LogP contribution < -0.4 is 0 Å². The summed E-state index contributed by atoms with van der Waals surface area (Å²) in [4.78, 5) is 11.0. The molecule has 1 aromatic carbocycles. The van der Waals surface area contributed by atoms with Crippen molar-refractivity contribution < 1.29 is 19.1 Å². The topological polar surface area (TPSA) is 85.5 Å². The molecule has 1 N–H and O–H groups in total. The summed E-state index contributed by atoms with van der Waals surface area (Å²) >= 11 is 0. The van der Waals surface area contributed by atoms with Crippen LogP contribution in [0.3, 0.4) is 0 Å². The van der Waals surface area contributed by atoms with Gasteiger partial charge in [0.2, 0.25) is 11.8 Å². The fraction of sp³-hybridized carbons (Fsp3) is 0.400. The van der Waals surface area contributed by atoms with Crippen molar-refractivity contribution in [1.29, 1.82) is 0 Å². The molecule has 6 nitrogen and oxygen atoms in total. The molecule has 3 rings (SSSR count). The zero-order chi connectivity index (χ0) is 14.7. The Labute approximate surface area is 121 Å². The maximum atomic E-state index is 11.0. The van der Waals surface area contributed by atoms with Crippen LogP contribution in [0.25, 0.3) is 11.5 Å². The van der Waals surface area contributed by atoms with Gasteiger partial charge in [0.25, 0.3) is 0 Å². The Kier molecular flexibility index (Phi) is 3.96. The molecule has 0 amide bonds. The highest BCUT2D eigenvalue weighted by molar-refractivity contribution is 5.88. The molecule has 1 aliphatic heterocycles. The van der Waals surface area contributed by atoms with E-state index in [9.17, 15) is 4.79 Å². The zero-order valence-corrected chi connectivity index (χ0v) is 11.5. The van der Waals surface area contributed by atoms with E-state index in [1.807, 2.05) is 0 Å². The molecule has 21 heavy (non-hydrogen) atoms. The molecule has 1 aromatic heterocycles. The van der Waals surface area contributed by atoms with Gasteiger partial charge in [-0.05, 0) is 37.5 Å². The van der Waals surface area contributed by atoms with Gasteiger partial charge in [-0.25, -0.2) is 4.79 Å². The molecule has 0 radical (unpaired) electrons. The summed E-state index contributed by atoms with van der Waals surface area (Å²) < 4.78 is 11.1. The number of aryl methyl sites for hydroxylation is 1. The molecule has 110 valence electrons. The summed E-state index contributed by atoms with van der Waals surface area (Å²) in [6.07, 6.45) is 4.03. The Morgan fingerprint density at radius 1 is 1.38 bits per heavy atom. The minimum atomic E-state index is -0.977. The third-order valence-electron chi connectivity index (χ3n) is 3.53. The highest BCUT2D eigenvalue weighted by Crippen LogP contribution is 2.21. The van der Waals surface area contributed by atoms with Crippen LogP contribution in [0, 0.1) is 0 Å². The number of hydrogen-bond donors (Lipinski definition) is 1. The molecule has 2 heterocycles. The van der Waals surface area contributed by atoms with Crippen LogP contribution in [0.15, 0.2) is 28.7 Å². The average molecular weight is 288 g/mol. The van der Waals surface area contributed by atoms with Crippen molar-refractivity contribution in [2.24, 2.45) is 0 Å². The molecule has 1 saturated heterocycles. The molecular weight excluding hydrogens is 272 g/mol. The first-order valence-electron chi connectivity index (χ1n) is 7.00. The van der Waals surface area contributed by atoms with Gasteiger partial charge < -0.3 is 14.3 Å². The van der Waals surface area contributed by atoms with Crippen molar-refractivity contribution in [2.75, 3.05) is 6.61 Å². The fourth-order valence-corrected chi connectivity index (χ4v) is 2.41. The molecule has 1 fully saturated rings. The maximum absolute atomic E-state index is 11.0. The van der Waals surface area contributed by atoms with Gasteiger partial charge in [0.15, 0.2) is 0 Å². The lowest BCUT2D eigenvalue weighted by molar-refractivity contribution is 0.0697. The Bertz CT molecular complexity index is 632. The second-order valence-electron chi connectivity index (χ2n) is 5.06. The SMILES string of the molecule is O=C(O)c1cccc(-c2nnc(CCC3CCCO3)o2)c1. The number of rotatable bonds is 5. The Morgan fingerprint density at radius 2 is 2.29 bits per heavy atom. The first-order valence-corrected chi connectivity index (χ1v) is 7.00. The van der Waals surface area contributed by atoms with E-state index in [0.29, 0.717) is 23.8 Å². The molecule has 0 spiro atoms. The maximum Gasteiger partial charge on any atom is 0.335 e. The number of carboxylic acids is 1. The monoisotopic (exact) mass is 288 g/mol. The lowest BCUT2D eigenvalue weighted by Gasteiger charge is -2.05. The van der Waals surface area contributed by atoms with Crippen LogP contribution in [-0.2, 0) is 11.2 Å². The zero-order valence-electron chi connectivity index (χ0n) is 11.5. The fourth-order valence-electron chi connectivity index (χ4n) is 2.41. The highest BCUT2D eigenvalue weighted by atomic mass is 16.5. The lowest BCUT2D eigenvalue weighted by atomic mass is 10.1. The standard InChI is InChI=1S/C15H16N2O4/c18-15(19)11-4-1-3-10(9-11)14-17-16-13(21-14)7-6-12-5-2-8-20-12/h1,3-4,9,12H,2,5-8H2,(H,18,19). The smallest absolute Gasteiger partial charge is 0.335 e. The van der Waals surface area contributed by atoms with E-state index in [0.717, 1.165) is 25.9 Å². The molecule has 1 aliphatic rings. The van der Waals surface area contributed by atoms with Crippen LogP contribution in [0.5, 0.6) is 0 Å². The number of ether oxygens (including phenoxy) is 1. The van der Waals surface area contributed by atoms with Crippen molar-refractivity contribution in [3.05, 3.63) is 35.7 Å². The van der Waals surface area contributed by atoms with E-state index in [1.165, 1.54) is 12.1 Å². The number of aromatic nitrogens is 2. The quantitative estimate of drug-likeness (QED) is 0.910. The molecule has 6 heteroatoms. The molecule has 1 atom stereocenters. The number of carboxylic acid groups (broad SMARTS) is 1. The van der Waals surface area contributed by atoms with Crippen molar-refractivity contribution >= 4 is 5.97 Å².